The van der Waals surface area contributed by atoms with Gasteiger partial charge in [-0.15, -0.1) is 0 Å². The second-order valence-electron chi connectivity index (χ2n) is 7.57. The van der Waals surface area contributed by atoms with Gasteiger partial charge in [0, 0.05) is 18.0 Å². The molecule has 1 aliphatic rings. The molecule has 148 valence electrons. The average molecular weight is 406 g/mol. The minimum atomic E-state index is -3.71. The van der Waals surface area contributed by atoms with Gasteiger partial charge < -0.3 is 0 Å². The number of hydrogen-bond acceptors (Lipinski definition) is 3. The Kier molecular flexibility index (Phi) is 5.01. The van der Waals surface area contributed by atoms with E-state index in [4.69, 9.17) is 0 Å². The number of rotatable bonds is 5. The molecule has 0 radical (unpaired) electrons. The van der Waals surface area contributed by atoms with Gasteiger partial charge in [0.25, 0.3) is 10.0 Å². The van der Waals surface area contributed by atoms with Crippen molar-refractivity contribution in [2.45, 2.75) is 31.1 Å². The van der Waals surface area contributed by atoms with E-state index >= 15 is 0 Å². The van der Waals surface area contributed by atoms with Crippen molar-refractivity contribution in [2.24, 2.45) is 0 Å². The highest BCUT2D eigenvalue weighted by Gasteiger charge is 2.38. The Bertz CT molecular complexity index is 1170. The van der Waals surface area contributed by atoms with E-state index in [-0.39, 0.29) is 10.8 Å². The first-order valence-corrected chi connectivity index (χ1v) is 11.1. The minimum Gasteiger partial charge on any atom is -0.298 e. The molecular formula is C24H23NO3S. The summed E-state index contributed by atoms with van der Waals surface area (Å²) in [4.78, 5) is 12.0. The summed E-state index contributed by atoms with van der Waals surface area (Å²) in [5, 5.41) is 0. The molecule has 0 spiro atoms. The van der Waals surface area contributed by atoms with Crippen LogP contribution in [0.1, 0.15) is 38.5 Å². The van der Waals surface area contributed by atoms with E-state index in [2.05, 4.69) is 19.1 Å². The fraction of sp³-hybridized carbons (Fsp3) is 0.208. The SMILES string of the molecule is Cc1ccc(S(=O)(=O)N2CC(Cc3ccccc3C)c3c(C=O)cccc32)cc1. The van der Waals surface area contributed by atoms with Crippen molar-refractivity contribution in [3.63, 3.8) is 0 Å². The molecule has 3 aromatic carbocycles. The topological polar surface area (TPSA) is 54.5 Å². The van der Waals surface area contributed by atoms with Gasteiger partial charge in [-0.2, -0.15) is 0 Å². The molecule has 0 aliphatic carbocycles. The lowest BCUT2D eigenvalue weighted by atomic mass is 9.89. The van der Waals surface area contributed by atoms with Crippen LogP contribution in [0.3, 0.4) is 0 Å². The molecule has 3 aromatic rings. The van der Waals surface area contributed by atoms with Crippen LogP contribution in [0.15, 0.2) is 71.6 Å². The van der Waals surface area contributed by atoms with Gasteiger partial charge in [0.2, 0.25) is 0 Å². The number of carbonyl (C=O) groups is 1. The maximum atomic E-state index is 13.4. The van der Waals surface area contributed by atoms with E-state index < -0.39 is 10.0 Å². The molecule has 1 heterocycles. The fourth-order valence-electron chi connectivity index (χ4n) is 4.06. The molecule has 1 unspecified atom stereocenters. The zero-order valence-electron chi connectivity index (χ0n) is 16.5. The molecule has 29 heavy (non-hydrogen) atoms. The second kappa shape index (κ2) is 7.48. The third kappa shape index (κ3) is 3.47. The molecule has 0 fully saturated rings. The van der Waals surface area contributed by atoms with Crippen molar-refractivity contribution in [3.8, 4) is 0 Å². The maximum Gasteiger partial charge on any atom is 0.264 e. The van der Waals surface area contributed by atoms with Crippen LogP contribution >= 0.6 is 0 Å². The second-order valence-corrected chi connectivity index (χ2v) is 9.44. The van der Waals surface area contributed by atoms with Crippen molar-refractivity contribution >= 4 is 22.0 Å². The molecule has 0 saturated carbocycles. The number of carbonyl (C=O) groups excluding carboxylic acids is 1. The normalized spacial score (nSPS) is 15.9. The van der Waals surface area contributed by atoms with Gasteiger partial charge in [-0.05, 0) is 55.2 Å². The first-order valence-electron chi connectivity index (χ1n) is 9.64. The molecule has 0 aromatic heterocycles. The van der Waals surface area contributed by atoms with Crippen LogP contribution in [-0.2, 0) is 16.4 Å². The zero-order chi connectivity index (χ0) is 20.6. The minimum absolute atomic E-state index is 0.0762. The first-order chi connectivity index (χ1) is 13.9. The van der Waals surface area contributed by atoms with E-state index in [9.17, 15) is 13.2 Å². The predicted octanol–water partition coefficient (Wildman–Crippen LogP) is 4.65. The smallest absolute Gasteiger partial charge is 0.264 e. The summed E-state index contributed by atoms with van der Waals surface area (Å²) >= 11 is 0. The molecule has 1 atom stereocenters. The maximum absolute atomic E-state index is 13.4. The molecule has 0 amide bonds. The highest BCUT2D eigenvalue weighted by molar-refractivity contribution is 7.92. The Labute approximate surface area is 171 Å². The van der Waals surface area contributed by atoms with Gasteiger partial charge >= 0.3 is 0 Å². The van der Waals surface area contributed by atoms with Gasteiger partial charge in [-0.25, -0.2) is 8.42 Å². The monoisotopic (exact) mass is 405 g/mol. The Morgan fingerprint density at radius 1 is 0.966 bits per heavy atom. The lowest BCUT2D eigenvalue weighted by Crippen LogP contribution is -2.30. The van der Waals surface area contributed by atoms with Crippen molar-refractivity contribution in [3.05, 3.63) is 94.5 Å². The summed E-state index contributed by atoms with van der Waals surface area (Å²) in [6, 6.07) is 20.3. The molecule has 0 saturated heterocycles. The largest absolute Gasteiger partial charge is 0.298 e. The van der Waals surface area contributed by atoms with Crippen LogP contribution in [0.4, 0.5) is 5.69 Å². The number of anilines is 1. The van der Waals surface area contributed by atoms with E-state index in [1.807, 2.05) is 19.1 Å². The van der Waals surface area contributed by atoms with Gasteiger partial charge in [-0.3, -0.25) is 9.10 Å². The molecule has 4 rings (SSSR count). The first kappa shape index (κ1) is 19.4. The van der Waals surface area contributed by atoms with Crippen LogP contribution < -0.4 is 4.31 Å². The highest BCUT2D eigenvalue weighted by atomic mass is 32.2. The molecular weight excluding hydrogens is 382 g/mol. The fourth-order valence-corrected chi connectivity index (χ4v) is 5.59. The Hall–Kier alpha value is -2.92. The van der Waals surface area contributed by atoms with Crippen LogP contribution in [0, 0.1) is 13.8 Å². The van der Waals surface area contributed by atoms with Gasteiger partial charge in [0.1, 0.15) is 6.29 Å². The number of benzene rings is 3. The summed E-state index contributed by atoms with van der Waals surface area (Å²) in [7, 11) is -3.71. The Morgan fingerprint density at radius 3 is 2.38 bits per heavy atom. The van der Waals surface area contributed by atoms with E-state index in [1.54, 1.807) is 42.5 Å². The Balaban J connectivity index is 1.79. The standard InChI is InChI=1S/C24H23NO3S/c1-17-10-12-22(13-11-17)29(27,28)25-15-21(14-19-7-4-3-6-18(19)2)24-20(16-26)8-5-9-23(24)25/h3-13,16,21H,14-15H2,1-2H3. The van der Waals surface area contributed by atoms with Crippen LogP contribution in [-0.4, -0.2) is 21.2 Å². The lowest BCUT2D eigenvalue weighted by molar-refractivity contribution is 0.112. The quantitative estimate of drug-likeness (QED) is 0.581. The summed E-state index contributed by atoms with van der Waals surface area (Å²) < 4.78 is 28.3. The van der Waals surface area contributed by atoms with Crippen molar-refractivity contribution in [2.75, 3.05) is 10.8 Å². The van der Waals surface area contributed by atoms with Crippen molar-refractivity contribution in [1.82, 2.24) is 0 Å². The predicted molar refractivity (Wildman–Crippen MR) is 115 cm³/mol. The molecule has 5 heteroatoms. The van der Waals surface area contributed by atoms with Crippen LogP contribution in [0.2, 0.25) is 0 Å². The van der Waals surface area contributed by atoms with E-state index in [0.717, 1.165) is 23.0 Å². The van der Waals surface area contributed by atoms with Crippen molar-refractivity contribution in [1.29, 1.82) is 0 Å². The van der Waals surface area contributed by atoms with Crippen LogP contribution in [0.25, 0.3) is 0 Å². The number of hydrogen-bond donors (Lipinski definition) is 0. The number of aryl methyl sites for hydroxylation is 2. The van der Waals surface area contributed by atoms with Crippen molar-refractivity contribution < 1.29 is 13.2 Å². The molecule has 0 N–H and O–H groups in total. The molecule has 4 nitrogen and oxygen atoms in total. The summed E-state index contributed by atoms with van der Waals surface area (Å²) in [5.41, 5.74) is 5.32. The number of aldehydes is 1. The van der Waals surface area contributed by atoms with Gasteiger partial charge in [0.05, 0.1) is 10.6 Å². The highest BCUT2D eigenvalue weighted by Crippen LogP contribution is 2.42. The summed E-state index contributed by atoms with van der Waals surface area (Å²) in [5.74, 6) is -0.0762. The summed E-state index contributed by atoms with van der Waals surface area (Å²) in [6.45, 7) is 4.30. The number of nitrogens with zero attached hydrogens (tertiary/aromatic N) is 1. The molecule has 1 aliphatic heterocycles. The van der Waals surface area contributed by atoms with Crippen LogP contribution in [0.5, 0.6) is 0 Å². The average Bonchev–Trinajstić information content (AvgIpc) is 3.09. The van der Waals surface area contributed by atoms with Gasteiger partial charge in [-0.1, -0.05) is 54.1 Å². The number of fused-ring (bicyclic) bond motifs is 1. The zero-order valence-corrected chi connectivity index (χ0v) is 17.3. The van der Waals surface area contributed by atoms with E-state index in [0.29, 0.717) is 24.2 Å². The molecule has 0 bridgehead atoms. The number of sulfonamides is 1. The third-order valence-electron chi connectivity index (χ3n) is 5.64. The summed E-state index contributed by atoms with van der Waals surface area (Å²) in [6.07, 6.45) is 1.51. The van der Waals surface area contributed by atoms with E-state index in [1.165, 1.54) is 9.87 Å². The Morgan fingerprint density at radius 2 is 1.69 bits per heavy atom. The third-order valence-corrected chi connectivity index (χ3v) is 7.44. The lowest BCUT2D eigenvalue weighted by Gasteiger charge is -2.20. The van der Waals surface area contributed by atoms with Gasteiger partial charge in [0.15, 0.2) is 0 Å².